The van der Waals surface area contributed by atoms with Crippen LogP contribution >= 0.6 is 0 Å². The standard InChI is InChI=1S/C16H20N2O3/c1-3-14-13(15(4-2)21-18-14)10-17-9-11-6-5-7-12(8-11)16(19)20/h5-8,17H,3-4,9-10H2,1-2H3,(H,19,20). The highest BCUT2D eigenvalue weighted by molar-refractivity contribution is 5.87. The molecule has 5 heteroatoms. The first kappa shape index (κ1) is 15.3. The van der Waals surface area contributed by atoms with Gasteiger partial charge in [0.2, 0.25) is 0 Å². The van der Waals surface area contributed by atoms with Gasteiger partial charge < -0.3 is 14.9 Å². The van der Waals surface area contributed by atoms with Crippen molar-refractivity contribution >= 4 is 5.97 Å². The van der Waals surface area contributed by atoms with E-state index in [4.69, 9.17) is 9.63 Å². The third-order valence-corrected chi connectivity index (χ3v) is 3.41. The number of hydrogen-bond acceptors (Lipinski definition) is 4. The lowest BCUT2D eigenvalue weighted by Crippen LogP contribution is -2.14. The van der Waals surface area contributed by atoms with Gasteiger partial charge in [-0.25, -0.2) is 4.79 Å². The third-order valence-electron chi connectivity index (χ3n) is 3.41. The van der Waals surface area contributed by atoms with E-state index in [0.29, 0.717) is 18.7 Å². The van der Waals surface area contributed by atoms with Gasteiger partial charge in [0.1, 0.15) is 5.76 Å². The van der Waals surface area contributed by atoms with Crippen LogP contribution in [0, 0.1) is 0 Å². The second-order valence-electron chi connectivity index (χ2n) is 4.85. The Hall–Kier alpha value is -2.14. The molecule has 0 unspecified atom stereocenters. The van der Waals surface area contributed by atoms with Crippen molar-refractivity contribution < 1.29 is 14.4 Å². The van der Waals surface area contributed by atoms with Crippen molar-refractivity contribution in [2.75, 3.05) is 0 Å². The van der Waals surface area contributed by atoms with Crippen LogP contribution in [0.15, 0.2) is 28.8 Å². The van der Waals surface area contributed by atoms with E-state index in [-0.39, 0.29) is 0 Å². The van der Waals surface area contributed by atoms with Gasteiger partial charge in [0, 0.05) is 25.1 Å². The summed E-state index contributed by atoms with van der Waals surface area (Å²) < 4.78 is 5.32. The van der Waals surface area contributed by atoms with Gasteiger partial charge in [-0.15, -0.1) is 0 Å². The van der Waals surface area contributed by atoms with Gasteiger partial charge in [-0.3, -0.25) is 0 Å². The Labute approximate surface area is 124 Å². The molecule has 0 spiro atoms. The number of hydrogen-bond donors (Lipinski definition) is 2. The van der Waals surface area contributed by atoms with Gasteiger partial charge in [-0.05, 0) is 24.1 Å². The van der Waals surface area contributed by atoms with Crippen LogP contribution in [0.4, 0.5) is 0 Å². The van der Waals surface area contributed by atoms with E-state index >= 15 is 0 Å². The lowest BCUT2D eigenvalue weighted by Gasteiger charge is -2.06. The number of carboxylic acids is 1. The van der Waals surface area contributed by atoms with Crippen LogP contribution in [0.2, 0.25) is 0 Å². The van der Waals surface area contributed by atoms with E-state index in [1.54, 1.807) is 18.2 Å². The minimum Gasteiger partial charge on any atom is -0.478 e. The molecule has 1 aromatic carbocycles. The summed E-state index contributed by atoms with van der Waals surface area (Å²) in [4.78, 5) is 10.9. The highest BCUT2D eigenvalue weighted by Crippen LogP contribution is 2.15. The maximum atomic E-state index is 10.9. The van der Waals surface area contributed by atoms with Crippen molar-refractivity contribution in [2.24, 2.45) is 0 Å². The highest BCUT2D eigenvalue weighted by Gasteiger charge is 2.12. The smallest absolute Gasteiger partial charge is 0.335 e. The van der Waals surface area contributed by atoms with Crippen molar-refractivity contribution in [2.45, 2.75) is 39.8 Å². The van der Waals surface area contributed by atoms with Crippen LogP contribution in [0.3, 0.4) is 0 Å². The summed E-state index contributed by atoms with van der Waals surface area (Å²) in [6, 6.07) is 6.95. The molecule has 2 aromatic rings. The number of nitrogens with zero attached hydrogens (tertiary/aromatic N) is 1. The largest absolute Gasteiger partial charge is 0.478 e. The molecule has 0 aliphatic heterocycles. The van der Waals surface area contributed by atoms with Crippen molar-refractivity contribution in [1.29, 1.82) is 0 Å². The summed E-state index contributed by atoms with van der Waals surface area (Å²) >= 11 is 0. The predicted molar refractivity (Wildman–Crippen MR) is 79.2 cm³/mol. The molecule has 2 N–H and O–H groups in total. The monoisotopic (exact) mass is 288 g/mol. The van der Waals surface area contributed by atoms with Gasteiger partial charge in [0.25, 0.3) is 0 Å². The zero-order valence-electron chi connectivity index (χ0n) is 12.3. The van der Waals surface area contributed by atoms with Crippen LogP contribution in [-0.2, 0) is 25.9 Å². The zero-order chi connectivity index (χ0) is 15.2. The summed E-state index contributed by atoms with van der Waals surface area (Å²) in [6.45, 7) is 5.38. The number of carbonyl (C=O) groups is 1. The molecule has 5 nitrogen and oxygen atoms in total. The molecule has 21 heavy (non-hydrogen) atoms. The Kier molecular flexibility index (Phi) is 5.11. The average Bonchev–Trinajstić information content (AvgIpc) is 2.89. The molecule has 0 atom stereocenters. The molecule has 2 rings (SSSR count). The lowest BCUT2D eigenvalue weighted by atomic mass is 10.1. The molecule has 0 saturated heterocycles. The summed E-state index contributed by atoms with van der Waals surface area (Å²) in [7, 11) is 0. The van der Waals surface area contributed by atoms with E-state index < -0.39 is 5.97 Å². The van der Waals surface area contributed by atoms with Crippen LogP contribution in [0.1, 0.15) is 46.8 Å². The summed E-state index contributed by atoms with van der Waals surface area (Å²) in [5, 5.41) is 16.4. The molecule has 1 aromatic heterocycles. The van der Waals surface area contributed by atoms with E-state index in [1.165, 1.54) is 0 Å². The van der Waals surface area contributed by atoms with Gasteiger partial charge in [-0.2, -0.15) is 0 Å². The highest BCUT2D eigenvalue weighted by atomic mass is 16.5. The fourth-order valence-corrected chi connectivity index (χ4v) is 2.28. The molecular weight excluding hydrogens is 268 g/mol. The molecule has 0 amide bonds. The van der Waals surface area contributed by atoms with Gasteiger partial charge in [0.05, 0.1) is 11.3 Å². The molecule has 1 heterocycles. The van der Waals surface area contributed by atoms with Crippen LogP contribution in [-0.4, -0.2) is 16.2 Å². The number of benzene rings is 1. The Morgan fingerprint density at radius 1 is 1.29 bits per heavy atom. The number of aromatic carboxylic acids is 1. The van der Waals surface area contributed by atoms with Gasteiger partial charge >= 0.3 is 5.97 Å². The first-order valence-electron chi connectivity index (χ1n) is 7.14. The average molecular weight is 288 g/mol. The molecule has 112 valence electrons. The Bertz CT molecular complexity index is 598. The minimum absolute atomic E-state index is 0.308. The third kappa shape index (κ3) is 3.70. The normalized spacial score (nSPS) is 10.8. The van der Waals surface area contributed by atoms with Crippen molar-refractivity contribution in [3.8, 4) is 0 Å². The predicted octanol–water partition coefficient (Wildman–Crippen LogP) is 2.79. The van der Waals surface area contributed by atoms with Crippen molar-refractivity contribution in [3.05, 3.63) is 52.4 Å². The van der Waals surface area contributed by atoms with E-state index in [2.05, 4.69) is 17.4 Å². The van der Waals surface area contributed by atoms with Gasteiger partial charge in [-0.1, -0.05) is 31.1 Å². The zero-order valence-corrected chi connectivity index (χ0v) is 12.3. The quantitative estimate of drug-likeness (QED) is 0.819. The fraction of sp³-hybridized carbons (Fsp3) is 0.375. The fourth-order valence-electron chi connectivity index (χ4n) is 2.28. The van der Waals surface area contributed by atoms with Crippen molar-refractivity contribution in [3.63, 3.8) is 0 Å². The number of carboxylic acid groups (broad SMARTS) is 1. The first-order chi connectivity index (χ1) is 10.2. The number of nitrogens with one attached hydrogen (secondary N) is 1. The molecule has 0 radical (unpaired) electrons. The van der Waals surface area contributed by atoms with E-state index in [0.717, 1.165) is 35.4 Å². The van der Waals surface area contributed by atoms with E-state index in [1.807, 2.05) is 13.0 Å². The molecule has 0 saturated carbocycles. The Morgan fingerprint density at radius 3 is 2.76 bits per heavy atom. The van der Waals surface area contributed by atoms with Gasteiger partial charge in [0.15, 0.2) is 0 Å². The van der Waals surface area contributed by atoms with Crippen LogP contribution in [0.5, 0.6) is 0 Å². The van der Waals surface area contributed by atoms with E-state index in [9.17, 15) is 4.79 Å². The maximum Gasteiger partial charge on any atom is 0.335 e. The van der Waals surface area contributed by atoms with Crippen LogP contribution < -0.4 is 5.32 Å². The number of aromatic nitrogens is 1. The Balaban J connectivity index is 2.00. The molecule has 0 bridgehead atoms. The summed E-state index contributed by atoms with van der Waals surface area (Å²) in [5.41, 5.74) is 3.36. The number of rotatable bonds is 7. The molecular formula is C16H20N2O3. The number of aryl methyl sites for hydroxylation is 2. The Morgan fingerprint density at radius 2 is 2.10 bits per heavy atom. The van der Waals surface area contributed by atoms with Crippen LogP contribution in [0.25, 0.3) is 0 Å². The topological polar surface area (TPSA) is 75.4 Å². The maximum absolute atomic E-state index is 10.9. The molecule has 0 fully saturated rings. The second kappa shape index (κ2) is 7.04. The molecule has 0 aliphatic carbocycles. The SMILES string of the molecule is CCc1noc(CC)c1CNCc1cccc(C(=O)O)c1. The lowest BCUT2D eigenvalue weighted by molar-refractivity contribution is 0.0696. The van der Waals surface area contributed by atoms with Crippen molar-refractivity contribution in [1.82, 2.24) is 10.5 Å². The summed E-state index contributed by atoms with van der Waals surface area (Å²) in [5.74, 6) is 0.0102. The second-order valence-corrected chi connectivity index (χ2v) is 4.85. The minimum atomic E-state index is -0.905. The summed E-state index contributed by atoms with van der Waals surface area (Å²) in [6.07, 6.45) is 1.66. The first-order valence-corrected chi connectivity index (χ1v) is 7.14. The molecule has 0 aliphatic rings.